The lowest BCUT2D eigenvalue weighted by Crippen LogP contribution is -2.40. The molecule has 0 saturated carbocycles. The summed E-state index contributed by atoms with van der Waals surface area (Å²) in [7, 11) is 3.42. The largest absolute Gasteiger partial charge is 0.481 e. The van der Waals surface area contributed by atoms with Crippen LogP contribution in [0.4, 0.5) is 5.69 Å². The molecule has 5 nitrogen and oxygen atoms in total. The summed E-state index contributed by atoms with van der Waals surface area (Å²) >= 11 is 0. The number of carbonyl (C=O) groups excluding carboxylic acids is 1. The van der Waals surface area contributed by atoms with E-state index >= 15 is 0 Å². The van der Waals surface area contributed by atoms with Gasteiger partial charge in [0.2, 0.25) is 11.8 Å². The lowest BCUT2D eigenvalue weighted by atomic mass is 10.1. The first kappa shape index (κ1) is 9.76. The van der Waals surface area contributed by atoms with Crippen LogP contribution in [0.2, 0.25) is 0 Å². The molecule has 2 N–H and O–H groups in total. The van der Waals surface area contributed by atoms with Crippen molar-refractivity contribution in [3.63, 3.8) is 0 Å². The summed E-state index contributed by atoms with van der Waals surface area (Å²) in [5.41, 5.74) is 7.23. The Kier molecular flexibility index (Phi) is 2.22. The lowest BCUT2D eigenvalue weighted by Gasteiger charge is -2.18. The van der Waals surface area contributed by atoms with Gasteiger partial charge in [-0.3, -0.25) is 4.79 Å². The molecule has 1 aliphatic heterocycles. The molecule has 1 aromatic heterocycles. The van der Waals surface area contributed by atoms with E-state index in [4.69, 9.17) is 10.5 Å². The van der Waals surface area contributed by atoms with Crippen molar-refractivity contribution in [1.82, 2.24) is 4.98 Å². The average Bonchev–Trinajstić information content (AvgIpc) is 2.56. The SMILES string of the molecule is COc1nccc2c1C[C@H](C(N)=O)N2C. The summed E-state index contributed by atoms with van der Waals surface area (Å²) in [6, 6.07) is 1.57. The van der Waals surface area contributed by atoms with Crippen molar-refractivity contribution in [2.24, 2.45) is 5.73 Å². The highest BCUT2D eigenvalue weighted by Crippen LogP contribution is 2.35. The molecule has 0 saturated heterocycles. The molecule has 0 unspecified atom stereocenters. The molecule has 2 heterocycles. The number of ether oxygens (including phenoxy) is 1. The normalized spacial score (nSPS) is 18.8. The van der Waals surface area contributed by atoms with Crippen molar-refractivity contribution in [2.75, 3.05) is 19.1 Å². The van der Waals surface area contributed by atoms with Gasteiger partial charge in [0, 0.05) is 30.9 Å². The standard InChI is InChI=1S/C10H13N3O2/c1-13-7-3-4-12-10(15-2)6(7)5-8(13)9(11)14/h3-4,8H,5H2,1-2H3,(H2,11,14)/t8-/m1/s1. The Labute approximate surface area is 87.8 Å². The Hall–Kier alpha value is -1.78. The van der Waals surface area contributed by atoms with Crippen LogP contribution in [0.3, 0.4) is 0 Å². The zero-order valence-electron chi connectivity index (χ0n) is 8.73. The molecule has 1 amide bonds. The molecule has 2 rings (SSSR count). The summed E-state index contributed by atoms with van der Waals surface area (Å²) in [5, 5.41) is 0. The van der Waals surface area contributed by atoms with E-state index in [0.717, 1.165) is 11.3 Å². The minimum absolute atomic E-state index is 0.293. The number of carbonyl (C=O) groups is 1. The van der Waals surface area contributed by atoms with Gasteiger partial charge in [0.1, 0.15) is 6.04 Å². The number of methoxy groups -OCH3 is 1. The van der Waals surface area contributed by atoms with Crippen molar-refractivity contribution in [3.05, 3.63) is 17.8 Å². The third-order valence-corrected chi connectivity index (χ3v) is 2.76. The Morgan fingerprint density at radius 2 is 2.47 bits per heavy atom. The zero-order valence-corrected chi connectivity index (χ0v) is 8.73. The van der Waals surface area contributed by atoms with Gasteiger partial charge in [-0.15, -0.1) is 0 Å². The van der Waals surface area contributed by atoms with Crippen LogP contribution >= 0.6 is 0 Å². The Morgan fingerprint density at radius 1 is 1.73 bits per heavy atom. The molecule has 0 radical (unpaired) electrons. The minimum Gasteiger partial charge on any atom is -0.481 e. The fourth-order valence-corrected chi connectivity index (χ4v) is 1.95. The first-order valence-electron chi connectivity index (χ1n) is 4.69. The van der Waals surface area contributed by atoms with Gasteiger partial charge in [0.15, 0.2) is 0 Å². The number of aromatic nitrogens is 1. The minimum atomic E-state index is -0.323. The molecule has 80 valence electrons. The second-order valence-corrected chi connectivity index (χ2v) is 3.55. The number of amides is 1. The van der Waals surface area contributed by atoms with Crippen LogP contribution in [0, 0.1) is 0 Å². The Balaban J connectivity index is 2.44. The smallest absolute Gasteiger partial charge is 0.240 e. The van der Waals surface area contributed by atoms with Gasteiger partial charge in [0.25, 0.3) is 0 Å². The number of rotatable bonds is 2. The molecule has 1 atom stereocenters. The number of pyridine rings is 1. The van der Waals surface area contributed by atoms with Crippen LogP contribution in [0.25, 0.3) is 0 Å². The maximum atomic E-state index is 11.2. The first-order chi connectivity index (χ1) is 7.15. The maximum absolute atomic E-state index is 11.2. The van der Waals surface area contributed by atoms with Crippen molar-refractivity contribution >= 4 is 11.6 Å². The molecule has 0 aliphatic carbocycles. The molecule has 15 heavy (non-hydrogen) atoms. The highest BCUT2D eigenvalue weighted by Gasteiger charge is 2.32. The molecule has 1 aromatic rings. The van der Waals surface area contributed by atoms with E-state index in [9.17, 15) is 4.79 Å². The number of anilines is 1. The number of nitrogens with two attached hydrogens (primary N) is 1. The highest BCUT2D eigenvalue weighted by atomic mass is 16.5. The summed E-state index contributed by atoms with van der Waals surface area (Å²) in [6.07, 6.45) is 2.23. The number of fused-ring (bicyclic) bond motifs is 1. The number of hydrogen-bond donors (Lipinski definition) is 1. The number of likely N-dealkylation sites (N-methyl/N-ethyl adjacent to an activating group) is 1. The molecule has 0 spiro atoms. The molecule has 5 heteroatoms. The van der Waals surface area contributed by atoms with Gasteiger partial charge >= 0.3 is 0 Å². The van der Waals surface area contributed by atoms with E-state index in [1.165, 1.54) is 0 Å². The third kappa shape index (κ3) is 1.40. The van der Waals surface area contributed by atoms with Gasteiger partial charge < -0.3 is 15.4 Å². The van der Waals surface area contributed by atoms with Crippen LogP contribution in [-0.2, 0) is 11.2 Å². The quantitative estimate of drug-likeness (QED) is 0.737. The molecular weight excluding hydrogens is 194 g/mol. The monoisotopic (exact) mass is 207 g/mol. The highest BCUT2D eigenvalue weighted by molar-refractivity contribution is 5.87. The van der Waals surface area contributed by atoms with E-state index in [1.54, 1.807) is 13.3 Å². The average molecular weight is 207 g/mol. The molecule has 0 aromatic carbocycles. The first-order valence-corrected chi connectivity index (χ1v) is 4.69. The lowest BCUT2D eigenvalue weighted by molar-refractivity contribution is -0.119. The van der Waals surface area contributed by atoms with Crippen LogP contribution in [0.5, 0.6) is 5.88 Å². The summed E-state index contributed by atoms with van der Waals surface area (Å²) in [4.78, 5) is 17.2. The van der Waals surface area contributed by atoms with Crippen LogP contribution < -0.4 is 15.4 Å². The summed E-state index contributed by atoms with van der Waals surface area (Å²) in [5.74, 6) is 0.249. The van der Waals surface area contributed by atoms with Gasteiger partial charge in [-0.1, -0.05) is 0 Å². The Bertz CT molecular complexity index is 406. The predicted molar refractivity (Wildman–Crippen MR) is 55.9 cm³/mol. The van der Waals surface area contributed by atoms with E-state index in [0.29, 0.717) is 12.3 Å². The summed E-state index contributed by atoms with van der Waals surface area (Å²) in [6.45, 7) is 0. The number of hydrogen-bond acceptors (Lipinski definition) is 4. The van der Waals surface area contributed by atoms with Crippen LogP contribution in [0.1, 0.15) is 5.56 Å². The number of nitrogens with zero attached hydrogens (tertiary/aromatic N) is 2. The summed E-state index contributed by atoms with van der Waals surface area (Å²) < 4.78 is 5.14. The fraction of sp³-hybridized carbons (Fsp3) is 0.400. The predicted octanol–water partition coefficient (Wildman–Crippen LogP) is -0.0636. The molecule has 1 aliphatic rings. The van der Waals surface area contributed by atoms with Gasteiger partial charge in [-0.25, -0.2) is 4.98 Å². The van der Waals surface area contributed by atoms with Gasteiger partial charge in [-0.05, 0) is 6.07 Å². The second kappa shape index (κ2) is 3.42. The van der Waals surface area contributed by atoms with Crippen LogP contribution in [-0.4, -0.2) is 31.1 Å². The van der Waals surface area contributed by atoms with Crippen molar-refractivity contribution in [2.45, 2.75) is 12.5 Å². The van der Waals surface area contributed by atoms with Crippen molar-refractivity contribution in [3.8, 4) is 5.88 Å². The molecular formula is C10H13N3O2. The topological polar surface area (TPSA) is 68.5 Å². The van der Waals surface area contributed by atoms with E-state index in [1.807, 2.05) is 18.0 Å². The van der Waals surface area contributed by atoms with E-state index < -0.39 is 0 Å². The van der Waals surface area contributed by atoms with E-state index in [-0.39, 0.29) is 11.9 Å². The van der Waals surface area contributed by atoms with Crippen LogP contribution in [0.15, 0.2) is 12.3 Å². The number of primary amides is 1. The maximum Gasteiger partial charge on any atom is 0.240 e. The van der Waals surface area contributed by atoms with Gasteiger partial charge in [-0.2, -0.15) is 0 Å². The Morgan fingerprint density at radius 3 is 3.07 bits per heavy atom. The zero-order chi connectivity index (χ0) is 11.0. The van der Waals surface area contributed by atoms with Crippen molar-refractivity contribution < 1.29 is 9.53 Å². The third-order valence-electron chi connectivity index (χ3n) is 2.76. The van der Waals surface area contributed by atoms with Crippen molar-refractivity contribution in [1.29, 1.82) is 0 Å². The second-order valence-electron chi connectivity index (χ2n) is 3.55. The van der Waals surface area contributed by atoms with E-state index in [2.05, 4.69) is 4.98 Å². The van der Waals surface area contributed by atoms with Gasteiger partial charge in [0.05, 0.1) is 7.11 Å². The molecule has 0 bridgehead atoms. The fourth-order valence-electron chi connectivity index (χ4n) is 1.95. The molecule has 0 fully saturated rings.